The molecule has 154 valence electrons. The van der Waals surface area contributed by atoms with Gasteiger partial charge in [0.2, 0.25) is 5.91 Å². The average molecular weight is 440 g/mol. The van der Waals surface area contributed by atoms with Crippen LogP contribution in [0.3, 0.4) is 0 Å². The first-order chi connectivity index (χ1) is 14.7. The summed E-state index contributed by atoms with van der Waals surface area (Å²) in [6.07, 6.45) is 3.26. The van der Waals surface area contributed by atoms with Gasteiger partial charge in [-0.1, -0.05) is 65.4 Å². The summed E-state index contributed by atoms with van der Waals surface area (Å²) in [6.45, 7) is 4.09. The van der Waals surface area contributed by atoms with Crippen LogP contribution in [-0.4, -0.2) is 42.1 Å². The van der Waals surface area contributed by atoms with Gasteiger partial charge in [0.05, 0.1) is 18.9 Å². The molecule has 1 fully saturated rings. The molecule has 0 bridgehead atoms. The lowest BCUT2D eigenvalue weighted by Crippen LogP contribution is -2.35. The second kappa shape index (κ2) is 10.00. The minimum Gasteiger partial charge on any atom is -0.379 e. The third-order valence-corrected chi connectivity index (χ3v) is 5.95. The van der Waals surface area contributed by atoms with Gasteiger partial charge in [-0.15, -0.1) is 0 Å². The zero-order valence-corrected chi connectivity index (χ0v) is 18.0. The van der Waals surface area contributed by atoms with Crippen molar-refractivity contribution in [3.05, 3.63) is 76.1 Å². The standard InChI is InChI=1S/C23H22ClN3O2S/c24-19-9-6-17(7-10-19)8-11-21(28)25-23-26-22(18-4-2-1-3-5-18)20(30-23)16-27-12-14-29-15-13-27/h1-11H,12-16H2,(H,25,26,28)/b11-8+. The highest BCUT2D eigenvalue weighted by Crippen LogP contribution is 2.32. The molecule has 4 rings (SSSR count). The number of aromatic nitrogens is 1. The van der Waals surface area contributed by atoms with Gasteiger partial charge in [-0.2, -0.15) is 0 Å². The smallest absolute Gasteiger partial charge is 0.250 e. The molecule has 1 amide bonds. The Labute approximate surface area is 185 Å². The van der Waals surface area contributed by atoms with E-state index in [0.717, 1.165) is 54.5 Å². The highest BCUT2D eigenvalue weighted by Gasteiger charge is 2.18. The van der Waals surface area contributed by atoms with E-state index in [4.69, 9.17) is 21.3 Å². The summed E-state index contributed by atoms with van der Waals surface area (Å²) < 4.78 is 5.45. The van der Waals surface area contributed by atoms with Crippen molar-refractivity contribution >= 4 is 40.1 Å². The van der Waals surface area contributed by atoms with E-state index in [-0.39, 0.29) is 5.91 Å². The van der Waals surface area contributed by atoms with E-state index in [1.807, 2.05) is 42.5 Å². The van der Waals surface area contributed by atoms with Crippen LogP contribution in [-0.2, 0) is 16.1 Å². The summed E-state index contributed by atoms with van der Waals surface area (Å²) in [4.78, 5) is 20.6. The van der Waals surface area contributed by atoms with E-state index in [1.54, 1.807) is 18.2 Å². The number of hydrogen-bond donors (Lipinski definition) is 1. The molecule has 3 aromatic rings. The predicted octanol–water partition coefficient (Wildman–Crippen LogP) is 4.95. The summed E-state index contributed by atoms with van der Waals surface area (Å²) in [6, 6.07) is 17.4. The first-order valence-corrected chi connectivity index (χ1v) is 11.0. The largest absolute Gasteiger partial charge is 0.379 e. The number of hydrogen-bond acceptors (Lipinski definition) is 5. The fourth-order valence-corrected chi connectivity index (χ4v) is 4.34. The molecule has 0 unspecified atom stereocenters. The monoisotopic (exact) mass is 439 g/mol. The Balaban J connectivity index is 1.51. The van der Waals surface area contributed by atoms with Crippen molar-refractivity contribution in [2.45, 2.75) is 6.54 Å². The minimum atomic E-state index is -0.212. The normalized spacial score (nSPS) is 14.8. The summed E-state index contributed by atoms with van der Waals surface area (Å²) in [5.74, 6) is -0.212. The molecule has 0 atom stereocenters. The predicted molar refractivity (Wildman–Crippen MR) is 123 cm³/mol. The number of rotatable bonds is 6. The lowest BCUT2D eigenvalue weighted by Gasteiger charge is -2.26. The fraction of sp³-hybridized carbons (Fsp3) is 0.217. The number of carbonyl (C=O) groups is 1. The maximum Gasteiger partial charge on any atom is 0.250 e. The van der Waals surface area contributed by atoms with Gasteiger partial charge in [0.15, 0.2) is 5.13 Å². The van der Waals surface area contributed by atoms with Gasteiger partial charge in [0.1, 0.15) is 0 Å². The number of carbonyl (C=O) groups excluding carboxylic acids is 1. The van der Waals surface area contributed by atoms with E-state index in [9.17, 15) is 4.79 Å². The number of halogens is 1. The Morgan fingerprint density at radius 2 is 1.87 bits per heavy atom. The van der Waals surface area contributed by atoms with Gasteiger partial charge in [-0.3, -0.25) is 15.0 Å². The number of nitrogens with one attached hydrogen (secondary N) is 1. The van der Waals surface area contributed by atoms with Crippen LogP contribution in [0.25, 0.3) is 17.3 Å². The quantitative estimate of drug-likeness (QED) is 0.552. The van der Waals surface area contributed by atoms with Crippen molar-refractivity contribution in [2.24, 2.45) is 0 Å². The Kier molecular flexibility index (Phi) is 6.92. The van der Waals surface area contributed by atoms with Crippen LogP contribution < -0.4 is 5.32 Å². The molecule has 1 aliphatic heterocycles. The molecule has 5 nitrogen and oxygen atoms in total. The number of morpholine rings is 1. The second-order valence-electron chi connectivity index (χ2n) is 6.92. The first kappa shape index (κ1) is 20.8. The molecular weight excluding hydrogens is 418 g/mol. The molecule has 7 heteroatoms. The summed E-state index contributed by atoms with van der Waals surface area (Å²) in [7, 11) is 0. The Hall–Kier alpha value is -2.51. The van der Waals surface area contributed by atoms with E-state index in [2.05, 4.69) is 10.2 Å². The molecule has 0 aliphatic carbocycles. The summed E-state index contributed by atoms with van der Waals surface area (Å²) >= 11 is 7.42. The number of benzene rings is 2. The average Bonchev–Trinajstić information content (AvgIpc) is 3.16. The van der Waals surface area contributed by atoms with Crippen LogP contribution >= 0.6 is 22.9 Å². The fourth-order valence-electron chi connectivity index (χ4n) is 3.19. The van der Waals surface area contributed by atoms with E-state index in [1.165, 1.54) is 17.4 Å². The van der Waals surface area contributed by atoms with Gasteiger partial charge in [-0.05, 0) is 23.8 Å². The zero-order valence-electron chi connectivity index (χ0n) is 16.4. The number of anilines is 1. The molecule has 0 saturated carbocycles. The molecule has 1 saturated heterocycles. The number of ether oxygens (including phenoxy) is 1. The Morgan fingerprint density at radius 3 is 2.60 bits per heavy atom. The van der Waals surface area contributed by atoms with E-state index in [0.29, 0.717) is 10.2 Å². The minimum absolute atomic E-state index is 0.212. The summed E-state index contributed by atoms with van der Waals surface area (Å²) in [5, 5.41) is 4.17. The first-order valence-electron chi connectivity index (χ1n) is 9.77. The van der Waals surface area contributed by atoms with Crippen LogP contribution in [0.5, 0.6) is 0 Å². The molecule has 1 aliphatic rings. The van der Waals surface area contributed by atoms with E-state index < -0.39 is 0 Å². The molecule has 2 aromatic carbocycles. The highest BCUT2D eigenvalue weighted by molar-refractivity contribution is 7.16. The van der Waals surface area contributed by atoms with Crippen molar-refractivity contribution in [2.75, 3.05) is 31.6 Å². The molecule has 2 heterocycles. The van der Waals surface area contributed by atoms with Crippen LogP contribution in [0.15, 0.2) is 60.7 Å². The lowest BCUT2D eigenvalue weighted by molar-refractivity contribution is -0.111. The molecular formula is C23H22ClN3O2S. The third-order valence-electron chi connectivity index (χ3n) is 4.74. The van der Waals surface area contributed by atoms with Gasteiger partial charge >= 0.3 is 0 Å². The molecule has 0 spiro atoms. The molecule has 30 heavy (non-hydrogen) atoms. The van der Waals surface area contributed by atoms with Gasteiger partial charge in [0.25, 0.3) is 0 Å². The third kappa shape index (κ3) is 5.55. The van der Waals surface area contributed by atoms with Crippen molar-refractivity contribution in [3.8, 4) is 11.3 Å². The topological polar surface area (TPSA) is 54.5 Å². The van der Waals surface area contributed by atoms with Crippen molar-refractivity contribution < 1.29 is 9.53 Å². The number of amides is 1. The zero-order chi connectivity index (χ0) is 20.8. The lowest BCUT2D eigenvalue weighted by atomic mass is 10.1. The van der Waals surface area contributed by atoms with Crippen LogP contribution in [0.2, 0.25) is 5.02 Å². The van der Waals surface area contributed by atoms with Gasteiger partial charge in [0, 0.05) is 41.2 Å². The van der Waals surface area contributed by atoms with Crippen LogP contribution in [0.4, 0.5) is 5.13 Å². The molecule has 1 N–H and O–H groups in total. The SMILES string of the molecule is O=C(/C=C/c1ccc(Cl)cc1)Nc1nc(-c2ccccc2)c(CN2CCOCC2)s1. The number of nitrogens with zero attached hydrogens (tertiary/aromatic N) is 2. The highest BCUT2D eigenvalue weighted by atomic mass is 35.5. The van der Waals surface area contributed by atoms with Crippen molar-refractivity contribution in [1.29, 1.82) is 0 Å². The molecule has 1 aromatic heterocycles. The van der Waals surface area contributed by atoms with Crippen molar-refractivity contribution in [3.63, 3.8) is 0 Å². The van der Waals surface area contributed by atoms with Crippen LogP contribution in [0, 0.1) is 0 Å². The van der Waals surface area contributed by atoms with Crippen molar-refractivity contribution in [1.82, 2.24) is 9.88 Å². The summed E-state index contributed by atoms with van der Waals surface area (Å²) in [5.41, 5.74) is 2.88. The second-order valence-corrected chi connectivity index (χ2v) is 8.44. The van der Waals surface area contributed by atoms with Crippen LogP contribution in [0.1, 0.15) is 10.4 Å². The molecule has 0 radical (unpaired) electrons. The number of thiazole rings is 1. The van der Waals surface area contributed by atoms with Gasteiger partial charge < -0.3 is 4.74 Å². The van der Waals surface area contributed by atoms with Gasteiger partial charge in [-0.25, -0.2) is 4.98 Å². The Morgan fingerprint density at radius 1 is 1.13 bits per heavy atom. The maximum atomic E-state index is 12.4. The Bertz CT molecular complexity index is 1010. The maximum absolute atomic E-state index is 12.4. The van der Waals surface area contributed by atoms with E-state index >= 15 is 0 Å².